The minimum absolute atomic E-state index is 0.179. The van der Waals surface area contributed by atoms with Crippen molar-refractivity contribution in [2.75, 3.05) is 25.6 Å². The Morgan fingerprint density at radius 1 is 1.52 bits per heavy atom. The lowest BCUT2D eigenvalue weighted by Crippen LogP contribution is -2.31. The molecule has 21 heavy (non-hydrogen) atoms. The lowest BCUT2D eigenvalue weighted by atomic mass is 9.86. The zero-order valence-electron chi connectivity index (χ0n) is 12.2. The zero-order chi connectivity index (χ0) is 15.2. The van der Waals surface area contributed by atoms with Crippen molar-refractivity contribution in [3.63, 3.8) is 0 Å². The Morgan fingerprint density at radius 2 is 2.29 bits per heavy atom. The van der Waals surface area contributed by atoms with Gasteiger partial charge in [-0.15, -0.1) is 0 Å². The Kier molecular flexibility index (Phi) is 6.20. The van der Waals surface area contributed by atoms with Gasteiger partial charge in [0.1, 0.15) is 4.47 Å². The maximum atomic E-state index is 12.1. The van der Waals surface area contributed by atoms with Gasteiger partial charge >= 0.3 is 0 Å². The summed E-state index contributed by atoms with van der Waals surface area (Å²) in [7, 11) is 1.59. The summed E-state index contributed by atoms with van der Waals surface area (Å²) in [6.45, 7) is 1.53. The van der Waals surface area contributed by atoms with Crippen LogP contribution in [0.4, 0.5) is 5.69 Å². The van der Waals surface area contributed by atoms with Gasteiger partial charge < -0.3 is 15.2 Å². The van der Waals surface area contributed by atoms with Crippen LogP contribution in [0.25, 0.3) is 0 Å². The van der Waals surface area contributed by atoms with E-state index in [0.717, 1.165) is 25.7 Å². The molecule has 1 saturated carbocycles. The number of hydrogen-bond donors (Lipinski definition) is 2. The lowest BCUT2D eigenvalue weighted by Gasteiger charge is -2.28. The molecule has 1 aliphatic rings. The molecule has 7 heteroatoms. The molecule has 2 rings (SSSR count). The molecule has 6 nitrogen and oxygen atoms in total. The van der Waals surface area contributed by atoms with Gasteiger partial charge in [0.25, 0.3) is 5.56 Å². The van der Waals surface area contributed by atoms with Crippen LogP contribution in [-0.2, 0) is 11.3 Å². The number of aromatic nitrogens is 2. The van der Waals surface area contributed by atoms with Crippen molar-refractivity contribution in [1.29, 1.82) is 0 Å². The van der Waals surface area contributed by atoms with Gasteiger partial charge in [0.15, 0.2) is 0 Å². The third kappa shape index (κ3) is 4.28. The fourth-order valence-corrected chi connectivity index (χ4v) is 3.04. The summed E-state index contributed by atoms with van der Waals surface area (Å²) in [5.74, 6) is 0.238. The van der Waals surface area contributed by atoms with Crippen molar-refractivity contribution in [2.24, 2.45) is 5.92 Å². The molecule has 0 aromatic carbocycles. The smallest absolute Gasteiger partial charge is 0.283 e. The molecule has 2 N–H and O–H groups in total. The van der Waals surface area contributed by atoms with E-state index in [-0.39, 0.29) is 17.6 Å². The number of nitrogens with one attached hydrogen (secondary N) is 1. The van der Waals surface area contributed by atoms with Gasteiger partial charge in [-0.05, 0) is 28.8 Å². The maximum Gasteiger partial charge on any atom is 0.283 e. The molecular weight excluding hydrogens is 338 g/mol. The molecule has 1 fully saturated rings. The number of nitrogens with zero attached hydrogens (tertiary/aromatic N) is 2. The van der Waals surface area contributed by atoms with Gasteiger partial charge in [-0.2, -0.15) is 5.10 Å². The average Bonchev–Trinajstić information content (AvgIpc) is 2.49. The van der Waals surface area contributed by atoms with Gasteiger partial charge in [0.2, 0.25) is 0 Å². The van der Waals surface area contributed by atoms with Crippen molar-refractivity contribution >= 4 is 21.6 Å². The van der Waals surface area contributed by atoms with Crippen molar-refractivity contribution in [3.8, 4) is 0 Å². The highest BCUT2D eigenvalue weighted by atomic mass is 79.9. The van der Waals surface area contributed by atoms with Crippen LogP contribution >= 0.6 is 15.9 Å². The molecule has 1 aliphatic carbocycles. The molecule has 1 heterocycles. The van der Waals surface area contributed by atoms with E-state index in [1.54, 1.807) is 13.3 Å². The zero-order valence-corrected chi connectivity index (χ0v) is 13.8. The number of methoxy groups -OCH3 is 1. The first-order chi connectivity index (χ1) is 10.1. The van der Waals surface area contributed by atoms with Gasteiger partial charge in [0, 0.05) is 19.6 Å². The largest absolute Gasteiger partial charge is 0.393 e. The number of anilines is 1. The molecule has 1 aromatic heterocycles. The van der Waals surface area contributed by atoms with Crippen LogP contribution in [0.3, 0.4) is 0 Å². The third-order valence-corrected chi connectivity index (χ3v) is 4.68. The highest BCUT2D eigenvalue weighted by Gasteiger charge is 2.23. The average molecular weight is 360 g/mol. The van der Waals surface area contributed by atoms with E-state index in [1.165, 1.54) is 4.68 Å². The summed E-state index contributed by atoms with van der Waals surface area (Å²) >= 11 is 3.32. The number of aliphatic hydroxyl groups excluding tert-OH is 1. The van der Waals surface area contributed by atoms with Crippen molar-refractivity contribution < 1.29 is 9.84 Å². The van der Waals surface area contributed by atoms with Crippen LogP contribution in [0.5, 0.6) is 0 Å². The Labute approximate surface area is 132 Å². The first kappa shape index (κ1) is 16.5. The van der Waals surface area contributed by atoms with Crippen LogP contribution in [0.1, 0.15) is 25.7 Å². The van der Waals surface area contributed by atoms with Crippen LogP contribution in [-0.4, -0.2) is 41.3 Å². The van der Waals surface area contributed by atoms with Crippen LogP contribution < -0.4 is 10.9 Å². The van der Waals surface area contributed by atoms with Gasteiger partial charge in [-0.3, -0.25) is 4.79 Å². The molecule has 0 aliphatic heterocycles. The van der Waals surface area contributed by atoms with Gasteiger partial charge in [-0.25, -0.2) is 4.68 Å². The van der Waals surface area contributed by atoms with Gasteiger partial charge in [0.05, 0.1) is 31.1 Å². The van der Waals surface area contributed by atoms with E-state index in [4.69, 9.17) is 4.74 Å². The summed E-state index contributed by atoms with van der Waals surface area (Å²) in [4.78, 5) is 12.1. The quantitative estimate of drug-likeness (QED) is 0.806. The molecule has 0 spiro atoms. The van der Waals surface area contributed by atoms with Crippen molar-refractivity contribution in [3.05, 3.63) is 21.0 Å². The normalized spacial score (nSPS) is 22.2. The second-order valence-corrected chi connectivity index (χ2v) is 6.18. The summed E-state index contributed by atoms with van der Waals surface area (Å²) in [6.07, 6.45) is 5.52. The molecule has 0 amide bonds. The van der Waals surface area contributed by atoms with Gasteiger partial charge in [-0.1, -0.05) is 12.8 Å². The summed E-state index contributed by atoms with van der Waals surface area (Å²) in [5.41, 5.74) is 0.493. The third-order valence-electron chi connectivity index (χ3n) is 3.92. The monoisotopic (exact) mass is 359 g/mol. The molecule has 0 saturated heterocycles. The minimum Gasteiger partial charge on any atom is -0.393 e. The summed E-state index contributed by atoms with van der Waals surface area (Å²) < 4.78 is 6.79. The minimum atomic E-state index is -0.250. The molecular formula is C14H22BrN3O3. The molecule has 0 bridgehead atoms. The molecule has 0 radical (unpaired) electrons. The van der Waals surface area contributed by atoms with Crippen LogP contribution in [0, 0.1) is 5.92 Å². The second-order valence-electron chi connectivity index (χ2n) is 5.39. The number of aliphatic hydroxyl groups is 1. The van der Waals surface area contributed by atoms with E-state index < -0.39 is 0 Å². The Bertz CT molecular complexity index is 521. The molecule has 2 unspecified atom stereocenters. The highest BCUT2D eigenvalue weighted by Crippen LogP contribution is 2.25. The number of rotatable bonds is 6. The van der Waals surface area contributed by atoms with Crippen molar-refractivity contribution in [2.45, 2.75) is 38.3 Å². The van der Waals surface area contributed by atoms with E-state index in [2.05, 4.69) is 26.3 Å². The molecule has 118 valence electrons. The first-order valence-corrected chi connectivity index (χ1v) is 8.09. The predicted octanol–water partition coefficient (Wildman–Crippen LogP) is 1.62. The topological polar surface area (TPSA) is 76.4 Å². The SMILES string of the molecule is COCCn1ncc(NCC2CCCCC2O)c(Br)c1=O. The highest BCUT2D eigenvalue weighted by molar-refractivity contribution is 9.10. The number of ether oxygens (including phenoxy) is 1. The fraction of sp³-hybridized carbons (Fsp3) is 0.714. The van der Waals surface area contributed by atoms with E-state index in [1.807, 2.05) is 0 Å². The number of hydrogen-bond acceptors (Lipinski definition) is 5. The van der Waals surface area contributed by atoms with Crippen LogP contribution in [0.2, 0.25) is 0 Å². The summed E-state index contributed by atoms with van der Waals surface area (Å²) in [5, 5.41) is 17.3. The standard InChI is InChI=1S/C14H22BrN3O3/c1-21-7-6-18-14(20)13(15)11(9-17-18)16-8-10-4-2-3-5-12(10)19/h9-10,12,16,19H,2-8H2,1H3. The molecule has 2 atom stereocenters. The second kappa shape index (κ2) is 7.91. The number of halogens is 1. The van der Waals surface area contributed by atoms with Crippen molar-refractivity contribution in [1.82, 2.24) is 9.78 Å². The fourth-order valence-electron chi connectivity index (χ4n) is 2.59. The predicted molar refractivity (Wildman–Crippen MR) is 84.5 cm³/mol. The maximum absolute atomic E-state index is 12.1. The first-order valence-electron chi connectivity index (χ1n) is 7.30. The van der Waals surface area contributed by atoms with E-state index in [9.17, 15) is 9.90 Å². The van der Waals surface area contributed by atoms with Crippen LogP contribution in [0.15, 0.2) is 15.5 Å². The Balaban J connectivity index is 2.00. The Hall–Kier alpha value is -0.920. The lowest BCUT2D eigenvalue weighted by molar-refractivity contribution is 0.0763. The Morgan fingerprint density at radius 3 is 3.00 bits per heavy atom. The van der Waals surface area contributed by atoms with E-state index in [0.29, 0.717) is 29.9 Å². The van der Waals surface area contributed by atoms with E-state index >= 15 is 0 Å². The summed E-state index contributed by atoms with van der Waals surface area (Å²) in [6, 6.07) is 0. The molecule has 1 aromatic rings.